The van der Waals surface area contributed by atoms with Gasteiger partial charge in [0.1, 0.15) is 24.4 Å². The fourth-order valence-electron chi connectivity index (χ4n) is 9.47. The minimum atomic E-state index is -1.57. The number of rotatable bonds is 51. The fraction of sp³-hybridized carbons (Fsp3) is 0.852. The summed E-state index contributed by atoms with van der Waals surface area (Å²) in [4.78, 5) is 13.0. The Kier molecular flexibility index (Phi) is 47.9. The standard InChI is InChI=1S/C61H113NO8/c1-3-5-7-9-11-13-15-17-19-21-22-23-24-25-26-27-28-29-30-31-32-33-35-36-38-40-42-44-46-48-50-55(64)54(53-69-61-60(68)59(67)58(66)56(52-63)70-61)62-57(65)51-49-47-45-43-41-39-37-34-20-18-16-14-12-10-8-6-4-2/h6,8,12,14,18,20,48,50,54-56,58-61,63-64,66-68H,3-5,7,9-11,13,15-17,19,21-47,49,51-53H2,1-2H3,(H,62,65)/b8-6-,14-12-,20-18-,50-48+. The Bertz CT molecular complexity index is 1240. The van der Waals surface area contributed by atoms with Crippen LogP contribution in [0.5, 0.6) is 0 Å². The monoisotopic (exact) mass is 988 g/mol. The molecule has 9 heteroatoms. The SMILES string of the molecule is CC/C=C\C/C=C\C/C=C\CCCCCCCCCC(=O)NC(COC1OC(CO)C(O)C(O)C1O)C(O)/C=C/CCCCCCCCCCCCCCCCCCCCCCCCCCCCCC. The molecule has 0 aromatic heterocycles. The third-order valence-electron chi connectivity index (χ3n) is 14.2. The van der Waals surface area contributed by atoms with Gasteiger partial charge in [0.15, 0.2) is 6.29 Å². The first-order valence-electron chi connectivity index (χ1n) is 29.9. The Labute approximate surface area is 431 Å². The molecule has 0 aliphatic carbocycles. The van der Waals surface area contributed by atoms with Crippen molar-refractivity contribution in [3.63, 3.8) is 0 Å². The van der Waals surface area contributed by atoms with Crippen molar-refractivity contribution in [1.82, 2.24) is 5.32 Å². The second kappa shape index (κ2) is 50.7. The van der Waals surface area contributed by atoms with Crippen LogP contribution < -0.4 is 5.32 Å². The summed E-state index contributed by atoms with van der Waals surface area (Å²) in [5.74, 6) is -0.186. The molecule has 1 heterocycles. The van der Waals surface area contributed by atoms with Gasteiger partial charge in [0.25, 0.3) is 0 Å². The summed E-state index contributed by atoms with van der Waals surface area (Å²) in [6, 6.07) is -0.812. The van der Waals surface area contributed by atoms with Crippen molar-refractivity contribution in [3.8, 4) is 0 Å². The van der Waals surface area contributed by atoms with E-state index in [-0.39, 0.29) is 12.5 Å². The number of aliphatic hydroxyl groups is 5. The number of unbranched alkanes of at least 4 members (excludes halogenated alkanes) is 35. The van der Waals surface area contributed by atoms with Gasteiger partial charge in [-0.05, 0) is 51.4 Å². The molecule has 0 spiro atoms. The number of aliphatic hydroxyl groups excluding tert-OH is 5. The maximum absolute atomic E-state index is 13.0. The largest absolute Gasteiger partial charge is 0.394 e. The van der Waals surface area contributed by atoms with Crippen LogP contribution in [-0.4, -0.2) is 87.5 Å². The third-order valence-corrected chi connectivity index (χ3v) is 14.2. The molecule has 0 bridgehead atoms. The number of hydrogen-bond donors (Lipinski definition) is 6. The molecule has 0 aromatic carbocycles. The normalized spacial score (nSPS) is 19.7. The number of allylic oxidation sites excluding steroid dienone is 7. The van der Waals surface area contributed by atoms with E-state index in [1.165, 1.54) is 186 Å². The van der Waals surface area contributed by atoms with Crippen LogP contribution in [0.4, 0.5) is 0 Å². The summed E-state index contributed by atoms with van der Waals surface area (Å²) in [5.41, 5.74) is 0. The van der Waals surface area contributed by atoms with Gasteiger partial charge in [-0.1, -0.05) is 268 Å². The number of amides is 1. The van der Waals surface area contributed by atoms with E-state index in [0.717, 1.165) is 70.6 Å². The van der Waals surface area contributed by atoms with Gasteiger partial charge < -0.3 is 40.3 Å². The summed E-state index contributed by atoms with van der Waals surface area (Å²) < 4.78 is 11.3. The highest BCUT2D eigenvalue weighted by atomic mass is 16.7. The Morgan fingerprint density at radius 2 is 0.886 bits per heavy atom. The first kappa shape index (κ1) is 66.2. The van der Waals surface area contributed by atoms with Crippen molar-refractivity contribution >= 4 is 5.91 Å². The minimum absolute atomic E-state index is 0.186. The van der Waals surface area contributed by atoms with E-state index < -0.39 is 49.5 Å². The van der Waals surface area contributed by atoms with Crippen molar-refractivity contribution in [3.05, 3.63) is 48.6 Å². The van der Waals surface area contributed by atoms with E-state index in [4.69, 9.17) is 9.47 Å². The summed E-state index contributed by atoms with van der Waals surface area (Å²) in [7, 11) is 0. The quantitative estimate of drug-likeness (QED) is 0.0261. The topological polar surface area (TPSA) is 149 Å². The molecule has 1 aliphatic rings. The van der Waals surface area contributed by atoms with E-state index in [2.05, 4.69) is 55.6 Å². The third kappa shape index (κ3) is 39.7. The minimum Gasteiger partial charge on any atom is -0.394 e. The molecule has 410 valence electrons. The van der Waals surface area contributed by atoms with Crippen LogP contribution in [0.25, 0.3) is 0 Å². The molecule has 1 rings (SSSR count). The Morgan fingerprint density at radius 1 is 0.500 bits per heavy atom. The number of ether oxygens (including phenoxy) is 2. The highest BCUT2D eigenvalue weighted by Gasteiger charge is 2.44. The second-order valence-electron chi connectivity index (χ2n) is 20.8. The molecule has 0 radical (unpaired) electrons. The van der Waals surface area contributed by atoms with Gasteiger partial charge >= 0.3 is 0 Å². The number of hydrogen-bond acceptors (Lipinski definition) is 8. The van der Waals surface area contributed by atoms with Crippen LogP contribution in [0.3, 0.4) is 0 Å². The molecule has 0 aromatic rings. The lowest BCUT2D eigenvalue weighted by molar-refractivity contribution is -0.302. The highest BCUT2D eigenvalue weighted by molar-refractivity contribution is 5.76. The Hall–Kier alpha value is -1.85. The molecule has 70 heavy (non-hydrogen) atoms. The van der Waals surface area contributed by atoms with Gasteiger partial charge in [-0.25, -0.2) is 0 Å². The van der Waals surface area contributed by atoms with Crippen molar-refractivity contribution in [2.45, 2.75) is 320 Å². The van der Waals surface area contributed by atoms with Gasteiger partial charge in [-0.2, -0.15) is 0 Å². The predicted molar refractivity (Wildman–Crippen MR) is 295 cm³/mol. The van der Waals surface area contributed by atoms with E-state index in [1.807, 2.05) is 6.08 Å². The first-order valence-corrected chi connectivity index (χ1v) is 29.9. The molecule has 1 saturated heterocycles. The van der Waals surface area contributed by atoms with Crippen molar-refractivity contribution in [2.24, 2.45) is 0 Å². The van der Waals surface area contributed by atoms with Gasteiger partial charge in [0, 0.05) is 6.42 Å². The molecule has 9 nitrogen and oxygen atoms in total. The number of carbonyl (C=O) groups excluding carboxylic acids is 1. The molecule has 7 atom stereocenters. The van der Waals surface area contributed by atoms with Gasteiger partial charge in [0.2, 0.25) is 5.91 Å². The maximum Gasteiger partial charge on any atom is 0.220 e. The van der Waals surface area contributed by atoms with Crippen LogP contribution in [0.2, 0.25) is 0 Å². The molecular weight excluding hydrogens is 875 g/mol. The predicted octanol–water partition coefficient (Wildman–Crippen LogP) is 14.9. The molecule has 1 amide bonds. The fourth-order valence-corrected chi connectivity index (χ4v) is 9.47. The van der Waals surface area contributed by atoms with Crippen molar-refractivity contribution in [2.75, 3.05) is 13.2 Å². The zero-order valence-corrected chi connectivity index (χ0v) is 45.5. The van der Waals surface area contributed by atoms with Crippen LogP contribution in [0.15, 0.2) is 48.6 Å². The summed E-state index contributed by atoms with van der Waals surface area (Å²) in [6.07, 6.45) is 60.5. The van der Waals surface area contributed by atoms with E-state index in [0.29, 0.717) is 6.42 Å². The summed E-state index contributed by atoms with van der Waals surface area (Å²) in [6.45, 7) is 3.69. The lowest BCUT2D eigenvalue weighted by Gasteiger charge is -2.40. The van der Waals surface area contributed by atoms with Crippen LogP contribution >= 0.6 is 0 Å². The molecular formula is C61H113NO8. The van der Waals surface area contributed by atoms with Crippen LogP contribution in [-0.2, 0) is 14.3 Å². The molecule has 0 saturated carbocycles. The Morgan fingerprint density at radius 3 is 1.31 bits per heavy atom. The lowest BCUT2D eigenvalue weighted by atomic mass is 9.99. The van der Waals surface area contributed by atoms with Gasteiger partial charge in [0.05, 0.1) is 25.4 Å². The molecule has 1 fully saturated rings. The van der Waals surface area contributed by atoms with Crippen molar-refractivity contribution in [1.29, 1.82) is 0 Å². The average Bonchev–Trinajstić information content (AvgIpc) is 3.36. The number of nitrogens with one attached hydrogen (secondary N) is 1. The smallest absolute Gasteiger partial charge is 0.220 e. The highest BCUT2D eigenvalue weighted by Crippen LogP contribution is 2.23. The first-order chi connectivity index (χ1) is 34.3. The average molecular weight is 989 g/mol. The van der Waals surface area contributed by atoms with Crippen molar-refractivity contribution < 1.29 is 39.8 Å². The zero-order chi connectivity index (χ0) is 50.8. The van der Waals surface area contributed by atoms with E-state index in [9.17, 15) is 30.3 Å². The Balaban J connectivity index is 2.18. The molecule has 7 unspecified atom stereocenters. The number of carbonyl (C=O) groups is 1. The van der Waals surface area contributed by atoms with E-state index >= 15 is 0 Å². The lowest BCUT2D eigenvalue weighted by Crippen LogP contribution is -2.60. The van der Waals surface area contributed by atoms with Gasteiger partial charge in [-0.15, -0.1) is 0 Å². The molecule has 1 aliphatic heterocycles. The van der Waals surface area contributed by atoms with Gasteiger partial charge in [-0.3, -0.25) is 4.79 Å². The molecule has 6 N–H and O–H groups in total. The van der Waals surface area contributed by atoms with Crippen LogP contribution in [0, 0.1) is 0 Å². The summed E-state index contributed by atoms with van der Waals surface area (Å²) in [5, 5.41) is 54.5. The second-order valence-corrected chi connectivity index (χ2v) is 20.8. The van der Waals surface area contributed by atoms with E-state index in [1.54, 1.807) is 6.08 Å². The maximum atomic E-state index is 13.0. The summed E-state index contributed by atoms with van der Waals surface area (Å²) >= 11 is 0. The zero-order valence-electron chi connectivity index (χ0n) is 45.5. The van der Waals surface area contributed by atoms with Crippen LogP contribution in [0.1, 0.15) is 277 Å².